The van der Waals surface area contributed by atoms with Crippen molar-refractivity contribution >= 4 is 28.3 Å². The second kappa shape index (κ2) is 8.07. The Balaban J connectivity index is 1.73. The Hall–Kier alpha value is -3.74. The molecular weight excluding hydrogens is 410 g/mol. The number of rotatable bonds is 3. The minimum atomic E-state index is -0.726. The SMILES string of the molecule is Cc1cc(-n2nc(C(C)(C)C)cc2NC(=O)Nc2cc(F)ccc2F)cc2ccccc12. The third kappa shape index (κ3) is 4.32. The van der Waals surface area contributed by atoms with E-state index >= 15 is 0 Å². The number of aromatic nitrogens is 2. The predicted octanol–water partition coefficient (Wildman–Crippen LogP) is 6.55. The normalized spacial score (nSPS) is 11.6. The van der Waals surface area contributed by atoms with E-state index in [4.69, 9.17) is 5.10 Å². The number of urea groups is 1. The molecule has 0 atom stereocenters. The summed E-state index contributed by atoms with van der Waals surface area (Å²) in [7, 11) is 0. The average Bonchev–Trinajstić information content (AvgIpc) is 3.15. The Labute approximate surface area is 185 Å². The predicted molar refractivity (Wildman–Crippen MR) is 124 cm³/mol. The van der Waals surface area contributed by atoms with E-state index in [2.05, 4.69) is 16.7 Å². The van der Waals surface area contributed by atoms with Gasteiger partial charge in [0.1, 0.15) is 17.5 Å². The van der Waals surface area contributed by atoms with Crippen LogP contribution >= 0.6 is 0 Å². The third-order valence-electron chi connectivity index (χ3n) is 5.19. The molecule has 0 saturated heterocycles. The van der Waals surface area contributed by atoms with Crippen molar-refractivity contribution in [2.75, 3.05) is 10.6 Å². The molecular formula is C25H24F2N4O. The van der Waals surface area contributed by atoms with E-state index in [0.717, 1.165) is 45.9 Å². The number of aryl methyl sites for hydroxylation is 1. The molecule has 1 aromatic heterocycles. The smallest absolute Gasteiger partial charge is 0.305 e. The highest BCUT2D eigenvalue weighted by atomic mass is 19.1. The summed E-state index contributed by atoms with van der Waals surface area (Å²) in [6.45, 7) is 8.10. The molecule has 0 aliphatic heterocycles. The first-order valence-electron chi connectivity index (χ1n) is 10.3. The lowest BCUT2D eigenvalue weighted by molar-refractivity contribution is 0.262. The highest BCUT2D eigenvalue weighted by molar-refractivity contribution is 5.99. The topological polar surface area (TPSA) is 59.0 Å². The van der Waals surface area contributed by atoms with Crippen molar-refractivity contribution in [2.24, 2.45) is 0 Å². The number of nitrogens with zero attached hydrogens (tertiary/aromatic N) is 2. The molecule has 0 spiro atoms. The molecule has 0 aliphatic carbocycles. The van der Waals surface area contributed by atoms with Crippen molar-refractivity contribution in [3.8, 4) is 5.69 Å². The van der Waals surface area contributed by atoms with Gasteiger partial charge in [0.2, 0.25) is 0 Å². The van der Waals surface area contributed by atoms with Gasteiger partial charge in [0.05, 0.1) is 17.1 Å². The van der Waals surface area contributed by atoms with Crippen molar-refractivity contribution in [3.05, 3.63) is 83.6 Å². The number of amides is 2. The maximum absolute atomic E-state index is 13.9. The molecule has 0 bridgehead atoms. The highest BCUT2D eigenvalue weighted by Crippen LogP contribution is 2.29. The van der Waals surface area contributed by atoms with Crippen LogP contribution in [0.15, 0.2) is 60.7 Å². The van der Waals surface area contributed by atoms with Gasteiger partial charge in [-0.25, -0.2) is 18.3 Å². The molecule has 0 fully saturated rings. The second-order valence-corrected chi connectivity index (χ2v) is 8.76. The Bertz CT molecular complexity index is 1320. The standard InChI is InChI=1S/C25H24F2N4O/c1-15-11-18(12-16-7-5-6-8-19(15)16)31-23(14-22(30-31)25(2,3)4)29-24(32)28-21-13-17(26)9-10-20(21)27/h5-14H,1-4H3,(H2,28,29,32). The van der Waals surface area contributed by atoms with E-state index in [-0.39, 0.29) is 11.1 Å². The number of carbonyl (C=O) groups excluding carboxylic acids is 1. The summed E-state index contributed by atoms with van der Waals surface area (Å²) >= 11 is 0. The molecule has 1 heterocycles. The fourth-order valence-electron chi connectivity index (χ4n) is 3.50. The molecule has 0 aliphatic rings. The van der Waals surface area contributed by atoms with Crippen LogP contribution < -0.4 is 10.6 Å². The van der Waals surface area contributed by atoms with Crippen molar-refractivity contribution < 1.29 is 13.6 Å². The number of fused-ring (bicyclic) bond motifs is 1. The maximum Gasteiger partial charge on any atom is 0.324 e. The zero-order valence-electron chi connectivity index (χ0n) is 18.3. The van der Waals surface area contributed by atoms with Crippen LogP contribution in [0.25, 0.3) is 16.5 Å². The molecule has 0 radical (unpaired) electrons. The van der Waals surface area contributed by atoms with Crippen LogP contribution in [0, 0.1) is 18.6 Å². The fourth-order valence-corrected chi connectivity index (χ4v) is 3.50. The molecule has 4 rings (SSSR count). The Morgan fingerprint density at radius 1 is 0.969 bits per heavy atom. The molecule has 5 nitrogen and oxygen atoms in total. The van der Waals surface area contributed by atoms with Gasteiger partial charge in [0.15, 0.2) is 0 Å². The van der Waals surface area contributed by atoms with Gasteiger partial charge in [0, 0.05) is 17.5 Å². The summed E-state index contributed by atoms with van der Waals surface area (Å²) in [6.07, 6.45) is 0. The zero-order chi connectivity index (χ0) is 23.0. The quantitative estimate of drug-likeness (QED) is 0.384. The van der Waals surface area contributed by atoms with Gasteiger partial charge in [-0.15, -0.1) is 0 Å². The Kier molecular flexibility index (Phi) is 5.42. The van der Waals surface area contributed by atoms with Crippen LogP contribution in [0.1, 0.15) is 32.0 Å². The minimum absolute atomic E-state index is 0.244. The number of anilines is 2. The van der Waals surface area contributed by atoms with Crippen molar-refractivity contribution in [1.82, 2.24) is 9.78 Å². The number of hydrogen-bond donors (Lipinski definition) is 2. The number of hydrogen-bond acceptors (Lipinski definition) is 2. The van der Waals surface area contributed by atoms with E-state index in [9.17, 15) is 13.6 Å². The van der Waals surface area contributed by atoms with Crippen molar-refractivity contribution in [1.29, 1.82) is 0 Å². The molecule has 164 valence electrons. The second-order valence-electron chi connectivity index (χ2n) is 8.76. The van der Waals surface area contributed by atoms with E-state index in [0.29, 0.717) is 5.82 Å². The van der Waals surface area contributed by atoms with Gasteiger partial charge < -0.3 is 5.32 Å². The first-order chi connectivity index (χ1) is 15.1. The summed E-state index contributed by atoms with van der Waals surface area (Å²) in [5.41, 5.74) is 2.12. The summed E-state index contributed by atoms with van der Waals surface area (Å²) in [5, 5.41) is 12.0. The summed E-state index contributed by atoms with van der Waals surface area (Å²) in [6, 6.07) is 16.0. The monoisotopic (exact) mass is 434 g/mol. The fraction of sp³-hybridized carbons (Fsp3) is 0.200. The molecule has 4 aromatic rings. The van der Waals surface area contributed by atoms with Gasteiger partial charge in [0.25, 0.3) is 0 Å². The number of halogens is 2. The minimum Gasteiger partial charge on any atom is -0.305 e. The van der Waals surface area contributed by atoms with Gasteiger partial charge in [-0.3, -0.25) is 5.32 Å². The van der Waals surface area contributed by atoms with Crippen LogP contribution in [0.2, 0.25) is 0 Å². The summed E-state index contributed by atoms with van der Waals surface area (Å²) in [5.74, 6) is -0.956. The van der Waals surface area contributed by atoms with Crippen LogP contribution in [0.4, 0.5) is 25.1 Å². The highest BCUT2D eigenvalue weighted by Gasteiger charge is 2.22. The van der Waals surface area contributed by atoms with E-state index in [1.165, 1.54) is 0 Å². The van der Waals surface area contributed by atoms with Crippen LogP contribution in [0.5, 0.6) is 0 Å². The lowest BCUT2D eigenvalue weighted by atomic mass is 9.92. The van der Waals surface area contributed by atoms with E-state index in [1.54, 1.807) is 10.7 Å². The van der Waals surface area contributed by atoms with Gasteiger partial charge >= 0.3 is 6.03 Å². The van der Waals surface area contributed by atoms with Crippen LogP contribution in [-0.2, 0) is 5.41 Å². The average molecular weight is 434 g/mol. The van der Waals surface area contributed by atoms with Crippen molar-refractivity contribution in [3.63, 3.8) is 0 Å². The first-order valence-corrected chi connectivity index (χ1v) is 10.3. The van der Waals surface area contributed by atoms with E-state index < -0.39 is 17.7 Å². The molecule has 7 heteroatoms. The molecule has 32 heavy (non-hydrogen) atoms. The summed E-state index contributed by atoms with van der Waals surface area (Å²) in [4.78, 5) is 12.6. The molecule has 3 aromatic carbocycles. The zero-order valence-corrected chi connectivity index (χ0v) is 18.3. The third-order valence-corrected chi connectivity index (χ3v) is 5.19. The molecule has 2 N–H and O–H groups in total. The number of nitrogens with one attached hydrogen (secondary N) is 2. The number of benzene rings is 3. The lowest BCUT2D eigenvalue weighted by Crippen LogP contribution is -2.22. The Morgan fingerprint density at radius 3 is 2.47 bits per heavy atom. The van der Waals surface area contributed by atoms with Gasteiger partial charge in [-0.2, -0.15) is 5.10 Å². The van der Waals surface area contributed by atoms with E-state index in [1.807, 2.05) is 58.0 Å². The lowest BCUT2D eigenvalue weighted by Gasteiger charge is -2.14. The van der Waals surface area contributed by atoms with Gasteiger partial charge in [-0.1, -0.05) is 45.0 Å². The first kappa shape index (κ1) is 21.5. The largest absolute Gasteiger partial charge is 0.324 e. The maximum atomic E-state index is 13.9. The molecule has 2 amide bonds. The van der Waals surface area contributed by atoms with Crippen molar-refractivity contribution in [2.45, 2.75) is 33.1 Å². The summed E-state index contributed by atoms with van der Waals surface area (Å²) < 4.78 is 29.1. The molecule has 0 saturated carbocycles. The van der Waals surface area contributed by atoms with Crippen LogP contribution in [-0.4, -0.2) is 15.8 Å². The number of carbonyl (C=O) groups is 1. The van der Waals surface area contributed by atoms with Crippen LogP contribution in [0.3, 0.4) is 0 Å². The van der Waals surface area contributed by atoms with Gasteiger partial charge in [-0.05, 0) is 47.5 Å². The Morgan fingerprint density at radius 2 is 1.72 bits per heavy atom. The molecule has 0 unspecified atom stereocenters.